The molecule has 0 aliphatic carbocycles. The third-order valence-corrected chi connectivity index (χ3v) is 5.72. The largest absolute Gasteiger partial charge is 0.488 e. The summed E-state index contributed by atoms with van der Waals surface area (Å²) >= 11 is 0. The van der Waals surface area contributed by atoms with Gasteiger partial charge in [0.25, 0.3) is 0 Å². The Balaban J connectivity index is 1.53. The van der Waals surface area contributed by atoms with E-state index in [4.69, 9.17) is 20.1 Å². The highest BCUT2D eigenvalue weighted by molar-refractivity contribution is 5.99. The zero-order valence-corrected chi connectivity index (χ0v) is 19.2. The highest BCUT2D eigenvalue weighted by Gasteiger charge is 2.31. The van der Waals surface area contributed by atoms with Crippen molar-refractivity contribution in [1.82, 2.24) is 4.90 Å². The minimum atomic E-state index is -0.549. The summed E-state index contributed by atoms with van der Waals surface area (Å²) in [5.41, 5.74) is 2.79. The lowest BCUT2D eigenvalue weighted by Gasteiger charge is -2.38. The molecule has 2 N–H and O–H groups in total. The Morgan fingerprint density at radius 1 is 1.24 bits per heavy atom. The molecule has 1 aliphatic heterocycles. The Morgan fingerprint density at radius 3 is 2.52 bits per heavy atom. The van der Waals surface area contributed by atoms with Crippen molar-refractivity contribution in [3.8, 4) is 5.75 Å². The Labute approximate surface area is 193 Å². The number of likely N-dealkylation sites (tertiary alicyclic amines) is 1. The molecule has 3 rings (SSSR count). The summed E-state index contributed by atoms with van der Waals surface area (Å²) in [4.78, 5) is 18.8. The first-order valence-corrected chi connectivity index (χ1v) is 11.0. The summed E-state index contributed by atoms with van der Waals surface area (Å²) in [5.74, 6) is -0.823. The Kier molecular flexibility index (Phi) is 8.30. The number of Topliss-reactive ketones (excluding diaryl/α,β-unsaturated/α-hetero) is 1. The van der Waals surface area contributed by atoms with Gasteiger partial charge in [0, 0.05) is 31.1 Å². The first-order chi connectivity index (χ1) is 15.8. The van der Waals surface area contributed by atoms with E-state index >= 15 is 0 Å². The number of oxime groups is 1. The zero-order valence-electron chi connectivity index (χ0n) is 19.2. The minimum Gasteiger partial charge on any atom is -0.488 e. The lowest BCUT2D eigenvalue weighted by atomic mass is 9.95. The molecule has 7 nitrogen and oxygen atoms in total. The predicted octanol–water partition coefficient (Wildman–Crippen LogP) is 3.76. The standard InChI is InChI=1S/C25H30FN3O4/c1-4-16(2)32-24-10-9-20(11-22(24)26)25(27)33-28-17(3)19-7-5-18(6-8-19)12-29-13-21(14-29)23(31)15-30/h5-11,16,21,27,30H,4,12-15H2,1-3H3/b27-25?,28-17+/t16-/m0/s1. The molecule has 2 aromatic carbocycles. The predicted molar refractivity (Wildman–Crippen MR) is 124 cm³/mol. The second kappa shape index (κ2) is 11.2. The van der Waals surface area contributed by atoms with Gasteiger partial charge < -0.3 is 14.7 Å². The maximum atomic E-state index is 14.3. The number of hydrogen-bond acceptors (Lipinski definition) is 7. The summed E-state index contributed by atoms with van der Waals surface area (Å²) in [6.07, 6.45) is 0.664. The monoisotopic (exact) mass is 455 g/mol. The maximum Gasteiger partial charge on any atom is 0.248 e. The van der Waals surface area contributed by atoms with E-state index in [1.54, 1.807) is 13.0 Å². The quantitative estimate of drug-likeness (QED) is 0.323. The van der Waals surface area contributed by atoms with Crippen molar-refractivity contribution >= 4 is 17.4 Å². The first-order valence-electron chi connectivity index (χ1n) is 11.0. The molecule has 1 saturated heterocycles. The van der Waals surface area contributed by atoms with Crippen LogP contribution in [-0.4, -0.2) is 53.2 Å². The molecule has 0 saturated carbocycles. The van der Waals surface area contributed by atoms with E-state index < -0.39 is 12.4 Å². The van der Waals surface area contributed by atoms with Crippen molar-refractivity contribution < 1.29 is 23.9 Å². The summed E-state index contributed by atoms with van der Waals surface area (Å²) < 4.78 is 19.8. The van der Waals surface area contributed by atoms with Crippen LogP contribution in [0.2, 0.25) is 0 Å². The van der Waals surface area contributed by atoms with Gasteiger partial charge in [0.05, 0.1) is 11.8 Å². The van der Waals surface area contributed by atoms with Crippen LogP contribution in [0.15, 0.2) is 47.6 Å². The smallest absolute Gasteiger partial charge is 0.248 e. The van der Waals surface area contributed by atoms with E-state index in [2.05, 4.69) is 10.1 Å². The molecule has 0 unspecified atom stereocenters. The molecule has 0 amide bonds. The number of nitrogens with zero attached hydrogens (tertiary/aromatic N) is 2. The average Bonchev–Trinajstić information content (AvgIpc) is 2.80. The Morgan fingerprint density at radius 2 is 1.91 bits per heavy atom. The Hall–Kier alpha value is -3.10. The van der Waals surface area contributed by atoms with Crippen LogP contribution in [0.5, 0.6) is 5.75 Å². The maximum absolute atomic E-state index is 14.3. The number of ketones is 1. The summed E-state index contributed by atoms with van der Waals surface area (Å²) in [5, 5.41) is 21.0. The van der Waals surface area contributed by atoms with Gasteiger partial charge in [0.2, 0.25) is 5.90 Å². The van der Waals surface area contributed by atoms with Crippen LogP contribution >= 0.6 is 0 Å². The van der Waals surface area contributed by atoms with E-state index in [9.17, 15) is 9.18 Å². The number of hydrogen-bond donors (Lipinski definition) is 2. The van der Waals surface area contributed by atoms with Gasteiger partial charge in [-0.15, -0.1) is 0 Å². The molecule has 0 aromatic heterocycles. The lowest BCUT2D eigenvalue weighted by Crippen LogP contribution is -2.50. The first kappa shape index (κ1) is 24.5. The van der Waals surface area contributed by atoms with Crippen molar-refractivity contribution in [2.24, 2.45) is 11.1 Å². The second-order valence-electron chi connectivity index (χ2n) is 8.29. The van der Waals surface area contributed by atoms with Gasteiger partial charge in [-0.05, 0) is 49.6 Å². The van der Waals surface area contributed by atoms with E-state index in [0.29, 0.717) is 18.8 Å². The molecule has 1 aliphatic rings. The van der Waals surface area contributed by atoms with Crippen molar-refractivity contribution in [3.63, 3.8) is 0 Å². The zero-order chi connectivity index (χ0) is 24.0. The van der Waals surface area contributed by atoms with Gasteiger partial charge in [-0.1, -0.05) is 36.3 Å². The van der Waals surface area contributed by atoms with Crippen molar-refractivity contribution in [2.75, 3.05) is 19.7 Å². The fourth-order valence-corrected chi connectivity index (χ4v) is 3.40. The number of nitrogens with one attached hydrogen (secondary N) is 1. The van der Waals surface area contributed by atoms with Crippen LogP contribution in [0, 0.1) is 17.1 Å². The molecule has 1 fully saturated rings. The highest BCUT2D eigenvalue weighted by atomic mass is 19.1. The SMILES string of the molecule is CC[C@H](C)Oc1ccc(C(=N)O/N=C(\C)c2ccc(CN3CC(C(=O)CO)C3)cc2)cc1F. The molecular formula is C25H30FN3O4. The summed E-state index contributed by atoms with van der Waals surface area (Å²) in [6.45, 7) is 7.27. The van der Waals surface area contributed by atoms with Crippen molar-refractivity contribution in [3.05, 3.63) is 65.0 Å². The average molecular weight is 456 g/mol. The van der Waals surface area contributed by atoms with Gasteiger partial charge >= 0.3 is 0 Å². The number of carbonyl (C=O) groups excluding carboxylic acids is 1. The van der Waals surface area contributed by atoms with Gasteiger partial charge in [-0.2, -0.15) is 0 Å². The number of carbonyl (C=O) groups is 1. The van der Waals surface area contributed by atoms with Crippen molar-refractivity contribution in [2.45, 2.75) is 39.8 Å². The lowest BCUT2D eigenvalue weighted by molar-refractivity contribution is -0.131. The molecule has 176 valence electrons. The molecule has 0 radical (unpaired) electrons. The van der Waals surface area contributed by atoms with Crippen molar-refractivity contribution in [1.29, 1.82) is 5.41 Å². The molecule has 33 heavy (non-hydrogen) atoms. The normalized spacial score (nSPS) is 15.6. The summed E-state index contributed by atoms with van der Waals surface area (Å²) in [6, 6.07) is 12.0. The van der Waals surface area contributed by atoms with Gasteiger partial charge in [-0.25, -0.2) is 4.39 Å². The fourth-order valence-electron chi connectivity index (χ4n) is 3.40. The Bertz CT molecular complexity index is 1020. The van der Waals surface area contributed by atoms with Gasteiger partial charge in [-0.3, -0.25) is 15.1 Å². The molecule has 1 atom stereocenters. The number of aliphatic hydroxyl groups excluding tert-OH is 1. The van der Waals surface area contributed by atoms with E-state index in [1.807, 2.05) is 38.1 Å². The van der Waals surface area contributed by atoms with Crippen LogP contribution in [0.4, 0.5) is 4.39 Å². The van der Waals surface area contributed by atoms with E-state index in [1.165, 1.54) is 12.1 Å². The molecule has 8 heteroatoms. The number of ether oxygens (including phenoxy) is 1. The molecule has 2 aromatic rings. The van der Waals surface area contributed by atoms with Crippen LogP contribution in [0.1, 0.15) is 43.9 Å². The highest BCUT2D eigenvalue weighted by Crippen LogP contribution is 2.22. The van der Waals surface area contributed by atoms with Crippen LogP contribution in [-0.2, 0) is 16.2 Å². The minimum absolute atomic E-state index is 0.0618. The number of benzene rings is 2. The number of aliphatic hydroxyl groups is 1. The molecule has 1 heterocycles. The summed E-state index contributed by atoms with van der Waals surface area (Å²) in [7, 11) is 0. The van der Waals surface area contributed by atoms with Crippen LogP contribution < -0.4 is 4.74 Å². The fraction of sp³-hybridized carbons (Fsp3) is 0.400. The molecule has 0 spiro atoms. The van der Waals surface area contributed by atoms with Crippen LogP contribution in [0.3, 0.4) is 0 Å². The third-order valence-electron chi connectivity index (χ3n) is 5.72. The number of halogens is 1. The van der Waals surface area contributed by atoms with Gasteiger partial charge in [0.1, 0.15) is 6.61 Å². The molecular weight excluding hydrogens is 425 g/mol. The number of rotatable bonds is 10. The molecule has 0 bridgehead atoms. The third kappa shape index (κ3) is 6.46. The van der Waals surface area contributed by atoms with Gasteiger partial charge in [0.15, 0.2) is 17.3 Å². The van der Waals surface area contributed by atoms with E-state index in [-0.39, 0.29) is 35.0 Å². The van der Waals surface area contributed by atoms with E-state index in [0.717, 1.165) is 24.1 Å². The topological polar surface area (TPSA) is 95.2 Å². The van der Waals surface area contributed by atoms with Crippen LogP contribution in [0.25, 0.3) is 0 Å². The second-order valence-corrected chi connectivity index (χ2v) is 8.29.